The highest BCUT2D eigenvalue weighted by Gasteiger charge is 2.23. The van der Waals surface area contributed by atoms with E-state index >= 15 is 0 Å². The van der Waals surface area contributed by atoms with Gasteiger partial charge in [0.2, 0.25) is 0 Å². The molecule has 0 aliphatic rings. The third kappa shape index (κ3) is 5.14. The second-order valence-electron chi connectivity index (χ2n) is 12.4. The van der Waals surface area contributed by atoms with Gasteiger partial charge in [-0.2, -0.15) is 0 Å². The van der Waals surface area contributed by atoms with Crippen molar-refractivity contribution in [3.8, 4) is 60.6 Å². The molecule has 0 saturated carbocycles. The van der Waals surface area contributed by atoms with Gasteiger partial charge in [-0.1, -0.05) is 91.0 Å². The van der Waals surface area contributed by atoms with Gasteiger partial charge in [-0.15, -0.1) is 79.4 Å². The van der Waals surface area contributed by atoms with Crippen LogP contribution in [0.3, 0.4) is 0 Å². The summed E-state index contributed by atoms with van der Waals surface area (Å²) in [5.74, 6) is 0. The quantitative estimate of drug-likeness (QED) is 0.158. The first-order valence-corrected chi connectivity index (χ1v) is 22.3. The first-order valence-electron chi connectivity index (χ1n) is 16.6. The maximum Gasteiger partial charge on any atom is 0.0543 e. The molecule has 0 saturated heterocycles. The highest BCUT2D eigenvalue weighted by molar-refractivity contribution is 7.38. The van der Waals surface area contributed by atoms with E-state index < -0.39 is 0 Å². The van der Waals surface area contributed by atoms with Crippen molar-refractivity contribution in [1.29, 1.82) is 0 Å². The molecule has 0 aliphatic carbocycles. The van der Waals surface area contributed by atoms with E-state index in [0.717, 1.165) is 0 Å². The van der Waals surface area contributed by atoms with E-state index in [-0.39, 0.29) is 0 Å². The molecule has 11 aromatic rings. The zero-order valence-corrected chi connectivity index (χ0v) is 32.4. The fourth-order valence-corrected chi connectivity index (χ4v) is 15.4. The molecular formula is C44H24S7. The average Bonchev–Trinajstić information content (AvgIpc) is 4.03. The number of hydrogen-bond acceptors (Lipinski definition) is 7. The molecule has 0 amide bonds. The zero-order chi connectivity index (χ0) is 33.5. The Morgan fingerprint density at radius 1 is 0.255 bits per heavy atom. The predicted octanol–water partition coefficient (Wildman–Crippen LogP) is 16.7. The Morgan fingerprint density at radius 2 is 0.647 bits per heavy atom. The summed E-state index contributed by atoms with van der Waals surface area (Å²) in [6.07, 6.45) is 0. The Labute approximate surface area is 322 Å². The molecule has 0 aliphatic heterocycles. The first kappa shape index (κ1) is 30.4. The molecule has 7 heterocycles. The van der Waals surface area contributed by atoms with Crippen LogP contribution in [0.4, 0.5) is 0 Å². The molecule has 0 radical (unpaired) electrons. The molecule has 7 heteroatoms. The molecule has 0 nitrogen and oxygen atoms in total. The van der Waals surface area contributed by atoms with Crippen LogP contribution in [0.25, 0.3) is 100 Å². The molecule has 0 bridgehead atoms. The summed E-state index contributed by atoms with van der Waals surface area (Å²) in [4.78, 5) is 12.0. The fourth-order valence-electron chi connectivity index (χ4n) is 6.84. The van der Waals surface area contributed by atoms with Gasteiger partial charge in [0.05, 0.1) is 14.1 Å². The lowest BCUT2D eigenvalue weighted by atomic mass is 10.1. The Kier molecular flexibility index (Phi) is 7.29. The van der Waals surface area contributed by atoms with Crippen molar-refractivity contribution in [2.75, 3.05) is 0 Å². The summed E-state index contributed by atoms with van der Waals surface area (Å²) in [6, 6.07) is 53.5. The largest absolute Gasteiger partial charge is 0.134 e. The fraction of sp³-hybridized carbons (Fsp3) is 0. The third-order valence-electron chi connectivity index (χ3n) is 9.27. The number of fused-ring (bicyclic) bond motifs is 8. The maximum atomic E-state index is 2.49. The summed E-state index contributed by atoms with van der Waals surface area (Å²) < 4.78 is 7.05. The Hall–Kier alpha value is -4.18. The zero-order valence-electron chi connectivity index (χ0n) is 26.7. The van der Waals surface area contributed by atoms with Gasteiger partial charge in [0.1, 0.15) is 0 Å². The second-order valence-corrected chi connectivity index (χ2v) is 19.9. The van der Waals surface area contributed by atoms with Crippen molar-refractivity contribution < 1.29 is 0 Å². The van der Waals surface area contributed by atoms with Crippen molar-refractivity contribution >= 4 is 119 Å². The minimum Gasteiger partial charge on any atom is -0.134 e. The first-order chi connectivity index (χ1) is 25.2. The third-order valence-corrected chi connectivity index (χ3v) is 18.1. The van der Waals surface area contributed by atoms with Crippen LogP contribution in [-0.4, -0.2) is 0 Å². The average molecular weight is 777 g/mol. The molecule has 0 unspecified atom stereocenters. The van der Waals surface area contributed by atoms with Crippen molar-refractivity contribution in [3.05, 3.63) is 146 Å². The van der Waals surface area contributed by atoms with Crippen LogP contribution in [-0.2, 0) is 0 Å². The molecule has 51 heavy (non-hydrogen) atoms. The molecular weight excluding hydrogens is 753 g/mol. The lowest BCUT2D eigenvalue weighted by molar-refractivity contribution is 1.70. The molecule has 0 fully saturated rings. The maximum absolute atomic E-state index is 2.49. The van der Waals surface area contributed by atoms with Gasteiger partial charge in [0, 0.05) is 69.5 Å². The summed E-state index contributed by atoms with van der Waals surface area (Å²) >= 11 is 13.6. The Morgan fingerprint density at radius 3 is 1.14 bits per heavy atom. The molecule has 4 aromatic carbocycles. The lowest BCUT2D eigenvalue weighted by Gasteiger charge is -1.98. The minimum atomic E-state index is 1.28. The van der Waals surface area contributed by atoms with Crippen molar-refractivity contribution in [2.45, 2.75) is 0 Å². The normalized spacial score (nSPS) is 11.9. The summed E-state index contributed by atoms with van der Waals surface area (Å²) in [6.45, 7) is 0. The van der Waals surface area contributed by atoms with Crippen LogP contribution in [0.5, 0.6) is 0 Å². The summed E-state index contributed by atoms with van der Waals surface area (Å²) in [5, 5.41) is 4.22. The smallest absolute Gasteiger partial charge is 0.0543 e. The van der Waals surface area contributed by atoms with Gasteiger partial charge < -0.3 is 0 Å². The van der Waals surface area contributed by atoms with E-state index in [1.54, 1.807) is 0 Å². The summed E-state index contributed by atoms with van der Waals surface area (Å²) in [5.41, 5.74) is 3.85. The van der Waals surface area contributed by atoms with Crippen LogP contribution in [0, 0.1) is 0 Å². The van der Waals surface area contributed by atoms with E-state index in [4.69, 9.17) is 0 Å². The standard InChI is InChI=1S/C44H24S7/c1-4-10-25(11-5-1)30-16-19-33(45-30)36-22-28-40-41(51-39-24-38(50-44(39)40)35-21-18-32(47-35)27-14-8-3-9-15-27)29-23-37(49-43(29)42(28)48-36)34-20-17-31(46-34)26-12-6-2-7-13-26/h1-24H. The van der Waals surface area contributed by atoms with E-state index in [0.29, 0.717) is 0 Å². The van der Waals surface area contributed by atoms with Gasteiger partial charge in [0.25, 0.3) is 0 Å². The van der Waals surface area contributed by atoms with E-state index in [9.17, 15) is 0 Å². The van der Waals surface area contributed by atoms with Crippen molar-refractivity contribution in [2.24, 2.45) is 0 Å². The molecule has 11 rings (SSSR count). The SMILES string of the molecule is c1ccc(-c2ccc(-c3cc4c(s3)c3sc(-c5ccc(-c6ccccc6)s5)cc3c3c5sc(-c6ccc(-c7ccccc7)s6)cc5sc43)s2)cc1. The van der Waals surface area contributed by atoms with Crippen LogP contribution in [0.1, 0.15) is 0 Å². The number of hydrogen-bond donors (Lipinski definition) is 0. The van der Waals surface area contributed by atoms with Crippen LogP contribution in [0.15, 0.2) is 146 Å². The van der Waals surface area contributed by atoms with Crippen LogP contribution >= 0.6 is 79.4 Å². The van der Waals surface area contributed by atoms with E-state index in [1.807, 2.05) is 79.4 Å². The lowest BCUT2D eigenvalue weighted by Crippen LogP contribution is -1.69. The Balaban J connectivity index is 1.10. The summed E-state index contributed by atoms with van der Waals surface area (Å²) in [7, 11) is 0. The van der Waals surface area contributed by atoms with Crippen LogP contribution < -0.4 is 0 Å². The van der Waals surface area contributed by atoms with E-state index in [2.05, 4.69) is 146 Å². The Bertz CT molecular complexity index is 3010. The van der Waals surface area contributed by atoms with Crippen molar-refractivity contribution in [3.63, 3.8) is 0 Å². The van der Waals surface area contributed by atoms with Gasteiger partial charge in [-0.25, -0.2) is 0 Å². The highest BCUT2D eigenvalue weighted by atomic mass is 32.1. The van der Waals surface area contributed by atoms with Crippen LogP contribution in [0.2, 0.25) is 0 Å². The highest BCUT2D eigenvalue weighted by Crippen LogP contribution is 2.55. The van der Waals surface area contributed by atoms with Gasteiger partial charge >= 0.3 is 0 Å². The predicted molar refractivity (Wildman–Crippen MR) is 234 cm³/mol. The van der Waals surface area contributed by atoms with Gasteiger partial charge in [-0.3, -0.25) is 0 Å². The topological polar surface area (TPSA) is 0 Å². The molecule has 242 valence electrons. The molecule has 0 spiro atoms. The number of rotatable bonds is 6. The molecule has 0 N–H and O–H groups in total. The monoisotopic (exact) mass is 776 g/mol. The van der Waals surface area contributed by atoms with E-state index in [1.165, 1.54) is 100 Å². The van der Waals surface area contributed by atoms with Gasteiger partial charge in [-0.05, 0) is 71.3 Å². The molecule has 0 atom stereocenters. The second kappa shape index (κ2) is 12.2. The number of benzene rings is 4. The minimum absolute atomic E-state index is 1.28. The van der Waals surface area contributed by atoms with Gasteiger partial charge in [0.15, 0.2) is 0 Å². The molecule has 7 aromatic heterocycles. The van der Waals surface area contributed by atoms with Crippen molar-refractivity contribution in [1.82, 2.24) is 0 Å². The number of thiophene rings is 7.